The van der Waals surface area contributed by atoms with Crippen molar-refractivity contribution in [3.8, 4) is 5.75 Å². The van der Waals surface area contributed by atoms with Crippen molar-refractivity contribution in [3.05, 3.63) is 17.8 Å². The van der Waals surface area contributed by atoms with Gasteiger partial charge in [-0.05, 0) is 89.4 Å². The minimum Gasteiger partial charge on any atom is -0.491 e. The topological polar surface area (TPSA) is 59.3 Å². The van der Waals surface area contributed by atoms with Crippen molar-refractivity contribution < 1.29 is 9.26 Å². The molecule has 4 rings (SSSR count). The normalized spacial score (nSPS) is 18.6. The molecule has 26 heavy (non-hydrogen) atoms. The molecule has 2 heterocycles. The summed E-state index contributed by atoms with van der Waals surface area (Å²) in [5.74, 6) is 2.42. The summed E-state index contributed by atoms with van der Waals surface area (Å²) >= 11 is 0. The standard InChI is InChI=1S/C21H31N3O2/c1-14(2)23-20-19(25-13-16-3-4-16)8-6-17-18(24-26-21(17)20)7-5-15-9-11-22-12-10-15/h6,8,14-16,22-23H,3-5,7,9-13H2,1-2H3. The van der Waals surface area contributed by atoms with E-state index in [0.29, 0.717) is 6.04 Å². The van der Waals surface area contributed by atoms with Gasteiger partial charge in [-0.15, -0.1) is 0 Å². The molecule has 1 aromatic carbocycles. The van der Waals surface area contributed by atoms with E-state index in [1.54, 1.807) is 0 Å². The minimum atomic E-state index is 0.312. The summed E-state index contributed by atoms with van der Waals surface area (Å²) in [4.78, 5) is 0. The predicted molar refractivity (Wildman–Crippen MR) is 105 cm³/mol. The third-order valence-electron chi connectivity index (χ3n) is 5.53. The van der Waals surface area contributed by atoms with Crippen molar-refractivity contribution in [2.45, 2.75) is 58.4 Å². The highest BCUT2D eigenvalue weighted by Crippen LogP contribution is 2.38. The van der Waals surface area contributed by atoms with Crippen LogP contribution in [-0.4, -0.2) is 30.9 Å². The molecule has 1 aliphatic carbocycles. The van der Waals surface area contributed by atoms with Crippen LogP contribution in [0.15, 0.2) is 16.7 Å². The van der Waals surface area contributed by atoms with Gasteiger partial charge in [0.2, 0.25) is 0 Å². The minimum absolute atomic E-state index is 0.312. The average Bonchev–Trinajstić information content (AvgIpc) is 3.38. The van der Waals surface area contributed by atoms with Gasteiger partial charge >= 0.3 is 0 Å². The molecular formula is C21H31N3O2. The molecule has 1 saturated heterocycles. The van der Waals surface area contributed by atoms with Gasteiger partial charge in [0.25, 0.3) is 0 Å². The molecule has 0 radical (unpaired) electrons. The smallest absolute Gasteiger partial charge is 0.194 e. The largest absolute Gasteiger partial charge is 0.491 e. The van der Waals surface area contributed by atoms with E-state index in [-0.39, 0.29) is 0 Å². The molecule has 2 fully saturated rings. The van der Waals surface area contributed by atoms with Gasteiger partial charge in [-0.3, -0.25) is 0 Å². The molecule has 142 valence electrons. The number of nitrogens with zero attached hydrogens (tertiary/aromatic N) is 1. The van der Waals surface area contributed by atoms with E-state index in [1.807, 2.05) is 0 Å². The Hall–Kier alpha value is -1.75. The Labute approximate surface area is 155 Å². The van der Waals surface area contributed by atoms with Crippen molar-refractivity contribution >= 4 is 16.7 Å². The summed E-state index contributed by atoms with van der Waals surface area (Å²) in [5.41, 5.74) is 2.88. The molecular weight excluding hydrogens is 326 g/mol. The number of benzene rings is 1. The van der Waals surface area contributed by atoms with E-state index >= 15 is 0 Å². The lowest BCUT2D eigenvalue weighted by Gasteiger charge is -2.21. The predicted octanol–water partition coefficient (Wildman–Crippen LogP) is 4.37. The van der Waals surface area contributed by atoms with Gasteiger partial charge in [-0.1, -0.05) is 5.16 Å². The molecule has 5 heteroatoms. The van der Waals surface area contributed by atoms with Crippen molar-refractivity contribution in [2.75, 3.05) is 25.0 Å². The quantitative estimate of drug-likeness (QED) is 0.735. The van der Waals surface area contributed by atoms with Gasteiger partial charge in [-0.2, -0.15) is 0 Å². The molecule has 5 nitrogen and oxygen atoms in total. The van der Waals surface area contributed by atoms with Crippen LogP contribution in [0.2, 0.25) is 0 Å². The molecule has 0 atom stereocenters. The summed E-state index contributed by atoms with van der Waals surface area (Å²) in [6, 6.07) is 4.52. The number of aromatic nitrogens is 1. The van der Waals surface area contributed by atoms with Gasteiger partial charge in [0.1, 0.15) is 11.4 Å². The van der Waals surface area contributed by atoms with Crippen LogP contribution in [0.25, 0.3) is 11.0 Å². The van der Waals surface area contributed by atoms with E-state index in [1.165, 1.54) is 32.1 Å². The number of anilines is 1. The fraction of sp³-hybridized carbons (Fsp3) is 0.667. The summed E-state index contributed by atoms with van der Waals surface area (Å²) in [7, 11) is 0. The van der Waals surface area contributed by atoms with Crippen molar-refractivity contribution in [1.29, 1.82) is 0 Å². The first-order valence-electron chi connectivity index (χ1n) is 10.2. The first-order valence-corrected chi connectivity index (χ1v) is 10.2. The summed E-state index contributed by atoms with van der Waals surface area (Å²) < 4.78 is 11.9. The Bertz CT molecular complexity index is 730. The molecule has 2 N–H and O–H groups in total. The van der Waals surface area contributed by atoms with Crippen LogP contribution in [0.4, 0.5) is 5.69 Å². The second-order valence-corrected chi connectivity index (χ2v) is 8.23. The third kappa shape index (κ3) is 4.14. The lowest BCUT2D eigenvalue weighted by atomic mass is 9.92. The van der Waals surface area contributed by atoms with Crippen LogP contribution < -0.4 is 15.4 Å². The molecule has 2 aromatic rings. The number of hydrogen-bond donors (Lipinski definition) is 2. The first kappa shape index (κ1) is 17.7. The number of piperidine rings is 1. The van der Waals surface area contributed by atoms with E-state index < -0.39 is 0 Å². The molecule has 1 aliphatic heterocycles. The molecule has 1 saturated carbocycles. The maximum Gasteiger partial charge on any atom is 0.194 e. The van der Waals surface area contributed by atoms with Crippen LogP contribution in [0.5, 0.6) is 5.75 Å². The van der Waals surface area contributed by atoms with Crippen LogP contribution in [0.3, 0.4) is 0 Å². The second kappa shape index (κ2) is 7.87. The third-order valence-corrected chi connectivity index (χ3v) is 5.53. The summed E-state index contributed by atoms with van der Waals surface area (Å²) in [6.45, 7) is 7.37. The van der Waals surface area contributed by atoms with E-state index in [4.69, 9.17) is 9.26 Å². The van der Waals surface area contributed by atoms with Gasteiger partial charge in [0.05, 0.1) is 12.3 Å². The Balaban J connectivity index is 1.53. The Morgan fingerprint density at radius 3 is 2.73 bits per heavy atom. The number of rotatable bonds is 8. The van der Waals surface area contributed by atoms with Gasteiger partial charge in [0, 0.05) is 11.4 Å². The lowest BCUT2D eigenvalue weighted by molar-refractivity contribution is 0.300. The number of fused-ring (bicyclic) bond motifs is 1. The zero-order valence-electron chi connectivity index (χ0n) is 16.0. The van der Waals surface area contributed by atoms with Gasteiger partial charge in [0.15, 0.2) is 5.58 Å². The van der Waals surface area contributed by atoms with Crippen LogP contribution in [-0.2, 0) is 6.42 Å². The molecule has 1 aromatic heterocycles. The lowest BCUT2D eigenvalue weighted by Crippen LogP contribution is -2.27. The van der Waals surface area contributed by atoms with Gasteiger partial charge in [-0.25, -0.2) is 0 Å². The van der Waals surface area contributed by atoms with Crippen LogP contribution >= 0.6 is 0 Å². The Morgan fingerprint density at radius 1 is 1.19 bits per heavy atom. The molecule has 0 amide bonds. The Morgan fingerprint density at radius 2 is 2.00 bits per heavy atom. The average molecular weight is 357 g/mol. The fourth-order valence-corrected chi connectivity index (χ4v) is 3.77. The van der Waals surface area contributed by atoms with E-state index in [2.05, 4.69) is 41.8 Å². The van der Waals surface area contributed by atoms with E-state index in [0.717, 1.165) is 66.1 Å². The second-order valence-electron chi connectivity index (χ2n) is 8.23. The first-order chi connectivity index (χ1) is 12.7. The van der Waals surface area contributed by atoms with Crippen LogP contribution in [0.1, 0.15) is 51.6 Å². The van der Waals surface area contributed by atoms with Crippen molar-refractivity contribution in [3.63, 3.8) is 0 Å². The highest BCUT2D eigenvalue weighted by Gasteiger charge is 2.24. The molecule has 0 spiro atoms. The molecule has 2 aliphatic rings. The summed E-state index contributed by atoms with van der Waals surface area (Å²) in [6.07, 6.45) is 7.30. The maximum atomic E-state index is 6.08. The summed E-state index contributed by atoms with van der Waals surface area (Å²) in [5, 5.41) is 12.5. The van der Waals surface area contributed by atoms with Gasteiger partial charge < -0.3 is 19.9 Å². The zero-order chi connectivity index (χ0) is 17.9. The Kier molecular flexibility index (Phi) is 5.34. The number of aryl methyl sites for hydroxylation is 1. The van der Waals surface area contributed by atoms with Crippen LogP contribution in [0, 0.1) is 11.8 Å². The van der Waals surface area contributed by atoms with Crippen molar-refractivity contribution in [2.24, 2.45) is 11.8 Å². The monoisotopic (exact) mass is 357 g/mol. The molecule has 0 bridgehead atoms. The molecule has 0 unspecified atom stereocenters. The van der Waals surface area contributed by atoms with Crippen molar-refractivity contribution in [1.82, 2.24) is 10.5 Å². The maximum absolute atomic E-state index is 6.08. The SMILES string of the molecule is CC(C)Nc1c(OCC2CC2)ccc2c(CCC3CCNCC3)noc12. The number of ether oxygens (including phenoxy) is 1. The number of hydrogen-bond acceptors (Lipinski definition) is 5. The van der Waals surface area contributed by atoms with E-state index in [9.17, 15) is 0 Å². The highest BCUT2D eigenvalue weighted by molar-refractivity contribution is 5.93. The highest BCUT2D eigenvalue weighted by atomic mass is 16.5. The fourth-order valence-electron chi connectivity index (χ4n) is 3.77. The zero-order valence-corrected chi connectivity index (χ0v) is 16.0. The number of nitrogens with one attached hydrogen (secondary N) is 2.